The second-order valence-electron chi connectivity index (χ2n) is 5.88. The quantitative estimate of drug-likeness (QED) is 0.796. The molecule has 1 aliphatic heterocycles. The largest absolute Gasteiger partial charge is 0.416 e. The highest BCUT2D eigenvalue weighted by atomic mass is 32.2. The first-order valence-electron chi connectivity index (χ1n) is 8.19. The third kappa shape index (κ3) is 4.24. The predicted molar refractivity (Wildman–Crippen MR) is 96.6 cm³/mol. The molecular weight excluding hydrogens is 379 g/mol. The number of anilines is 2. The van der Waals surface area contributed by atoms with E-state index in [2.05, 4.69) is 10.3 Å². The highest BCUT2D eigenvalue weighted by Crippen LogP contribution is 2.34. The number of rotatable bonds is 4. The van der Waals surface area contributed by atoms with Gasteiger partial charge in [-0.05, 0) is 42.8 Å². The molecule has 1 atom stereocenters. The third-order valence-electron chi connectivity index (χ3n) is 3.99. The lowest BCUT2D eigenvalue weighted by Gasteiger charge is -2.30. The maximum Gasteiger partial charge on any atom is 0.416 e. The summed E-state index contributed by atoms with van der Waals surface area (Å²) in [7, 11) is 0. The van der Waals surface area contributed by atoms with Gasteiger partial charge in [-0.2, -0.15) is 13.2 Å². The Kier molecular flexibility index (Phi) is 5.41. The van der Waals surface area contributed by atoms with Crippen molar-refractivity contribution < 1.29 is 22.8 Å². The van der Waals surface area contributed by atoms with Crippen LogP contribution in [0.25, 0.3) is 0 Å². The number of fused-ring (bicyclic) bond motifs is 1. The van der Waals surface area contributed by atoms with Gasteiger partial charge in [-0.15, -0.1) is 11.8 Å². The summed E-state index contributed by atoms with van der Waals surface area (Å²) in [6, 6.07) is 7.98. The van der Waals surface area contributed by atoms with E-state index in [1.165, 1.54) is 35.0 Å². The molecular formula is C18H16F3N3O2S. The molecule has 0 spiro atoms. The van der Waals surface area contributed by atoms with E-state index in [9.17, 15) is 22.8 Å². The van der Waals surface area contributed by atoms with Crippen LogP contribution in [-0.4, -0.2) is 28.6 Å². The number of nitrogens with one attached hydrogen (secondary N) is 1. The van der Waals surface area contributed by atoms with Gasteiger partial charge >= 0.3 is 6.18 Å². The zero-order valence-electron chi connectivity index (χ0n) is 14.3. The van der Waals surface area contributed by atoms with Crippen LogP contribution in [0.1, 0.15) is 18.9 Å². The van der Waals surface area contributed by atoms with Gasteiger partial charge in [0.25, 0.3) is 0 Å². The first-order chi connectivity index (χ1) is 12.8. The van der Waals surface area contributed by atoms with Gasteiger partial charge in [0.15, 0.2) is 5.82 Å². The highest BCUT2D eigenvalue weighted by molar-refractivity contribution is 8.00. The Balaban J connectivity index is 1.80. The molecule has 2 aromatic rings. The van der Waals surface area contributed by atoms with Crippen LogP contribution in [0.3, 0.4) is 0 Å². The number of aromatic nitrogens is 1. The van der Waals surface area contributed by atoms with E-state index in [0.717, 1.165) is 12.1 Å². The summed E-state index contributed by atoms with van der Waals surface area (Å²) in [5, 5.41) is 2.11. The molecule has 142 valence electrons. The van der Waals surface area contributed by atoms with Crippen LogP contribution in [0.15, 0.2) is 47.5 Å². The average molecular weight is 395 g/mol. The summed E-state index contributed by atoms with van der Waals surface area (Å²) >= 11 is 1.17. The Morgan fingerprint density at radius 1 is 1.30 bits per heavy atom. The summed E-state index contributed by atoms with van der Waals surface area (Å²) in [5.74, 6) is -0.260. The number of carbonyl (C=O) groups is 2. The lowest BCUT2D eigenvalue weighted by Crippen LogP contribution is -2.46. The summed E-state index contributed by atoms with van der Waals surface area (Å²) in [4.78, 5) is 30.9. The van der Waals surface area contributed by atoms with E-state index >= 15 is 0 Å². The number of benzene rings is 1. The first kappa shape index (κ1) is 19.2. The molecule has 0 saturated heterocycles. The number of amides is 2. The van der Waals surface area contributed by atoms with Gasteiger partial charge in [-0.3, -0.25) is 14.5 Å². The summed E-state index contributed by atoms with van der Waals surface area (Å²) in [6.45, 7) is 1.66. The van der Waals surface area contributed by atoms with E-state index in [1.807, 2.05) is 6.92 Å². The Labute approximate surface area is 158 Å². The van der Waals surface area contributed by atoms with Crippen molar-refractivity contribution in [3.63, 3.8) is 0 Å². The number of hydrogen-bond acceptors (Lipinski definition) is 4. The number of pyridine rings is 1. The minimum Gasteiger partial charge on any atom is -0.321 e. The molecule has 1 N–H and O–H groups in total. The van der Waals surface area contributed by atoms with Gasteiger partial charge in [-0.1, -0.05) is 6.92 Å². The van der Waals surface area contributed by atoms with Crippen molar-refractivity contribution in [3.8, 4) is 0 Å². The fraction of sp³-hybridized carbons (Fsp3) is 0.278. The van der Waals surface area contributed by atoms with Gasteiger partial charge in [0.1, 0.15) is 6.54 Å². The van der Waals surface area contributed by atoms with E-state index in [4.69, 9.17) is 0 Å². The molecule has 1 aromatic carbocycles. The maximum atomic E-state index is 13.0. The molecule has 0 radical (unpaired) electrons. The van der Waals surface area contributed by atoms with Gasteiger partial charge in [0, 0.05) is 11.1 Å². The Bertz CT molecular complexity index is 856. The second-order valence-corrected chi connectivity index (χ2v) is 7.16. The SMILES string of the molecule is CCC(Sc1ccc(C(F)(F)F)cc1)C(=O)N1CC(=O)Nc2cccnc21. The molecule has 2 heterocycles. The van der Waals surface area contributed by atoms with Crippen LogP contribution in [-0.2, 0) is 15.8 Å². The van der Waals surface area contributed by atoms with E-state index < -0.39 is 17.0 Å². The molecule has 3 rings (SSSR count). The average Bonchev–Trinajstić information content (AvgIpc) is 2.64. The number of thioether (sulfide) groups is 1. The summed E-state index contributed by atoms with van der Waals surface area (Å²) < 4.78 is 38.1. The molecule has 2 amide bonds. The number of nitrogens with zero attached hydrogens (tertiary/aromatic N) is 2. The molecule has 0 fully saturated rings. The zero-order valence-corrected chi connectivity index (χ0v) is 15.1. The van der Waals surface area contributed by atoms with Crippen molar-refractivity contribution in [1.82, 2.24) is 4.98 Å². The molecule has 27 heavy (non-hydrogen) atoms. The van der Waals surface area contributed by atoms with Crippen molar-refractivity contribution in [2.24, 2.45) is 0 Å². The maximum absolute atomic E-state index is 13.0. The van der Waals surface area contributed by atoms with Crippen molar-refractivity contribution >= 4 is 35.1 Å². The molecule has 5 nitrogen and oxygen atoms in total. The predicted octanol–water partition coefficient (Wildman–Crippen LogP) is 3.96. The fourth-order valence-electron chi connectivity index (χ4n) is 2.67. The van der Waals surface area contributed by atoms with Crippen molar-refractivity contribution in [3.05, 3.63) is 48.2 Å². The van der Waals surface area contributed by atoms with Crippen LogP contribution < -0.4 is 10.2 Å². The first-order valence-corrected chi connectivity index (χ1v) is 9.07. The minimum absolute atomic E-state index is 0.146. The molecule has 1 aromatic heterocycles. The van der Waals surface area contributed by atoms with Crippen LogP contribution in [0.2, 0.25) is 0 Å². The van der Waals surface area contributed by atoms with Gasteiger partial charge in [0.2, 0.25) is 11.8 Å². The Morgan fingerprint density at radius 2 is 2.00 bits per heavy atom. The van der Waals surface area contributed by atoms with Gasteiger partial charge in [0.05, 0.1) is 16.5 Å². The molecule has 0 bridgehead atoms. The smallest absolute Gasteiger partial charge is 0.321 e. The standard InChI is InChI=1S/C18H16F3N3O2S/c1-2-14(27-12-7-5-11(6-8-12)18(19,20)21)17(26)24-10-15(25)23-13-4-3-9-22-16(13)24/h3-9,14H,2,10H2,1H3,(H,23,25). The monoisotopic (exact) mass is 395 g/mol. The summed E-state index contributed by atoms with van der Waals surface area (Å²) in [5.41, 5.74) is -0.284. The van der Waals surface area contributed by atoms with Crippen molar-refractivity contribution in [2.75, 3.05) is 16.8 Å². The fourth-order valence-corrected chi connectivity index (χ4v) is 3.69. The molecule has 9 heteroatoms. The van der Waals surface area contributed by atoms with Gasteiger partial charge < -0.3 is 5.32 Å². The minimum atomic E-state index is -4.40. The number of carbonyl (C=O) groups excluding carboxylic acids is 2. The van der Waals surface area contributed by atoms with Gasteiger partial charge in [-0.25, -0.2) is 4.98 Å². The Hall–Kier alpha value is -2.55. The lowest BCUT2D eigenvalue weighted by atomic mass is 10.2. The summed E-state index contributed by atoms with van der Waals surface area (Å²) in [6.07, 6.45) is -2.43. The number of halogens is 3. The molecule has 1 aliphatic rings. The molecule has 0 saturated carbocycles. The van der Waals surface area contributed by atoms with E-state index in [1.54, 1.807) is 12.1 Å². The normalized spacial score (nSPS) is 15.1. The number of alkyl halides is 3. The number of hydrogen-bond donors (Lipinski definition) is 1. The van der Waals surface area contributed by atoms with Crippen molar-refractivity contribution in [1.29, 1.82) is 0 Å². The van der Waals surface area contributed by atoms with Crippen LogP contribution in [0.4, 0.5) is 24.7 Å². The molecule has 1 unspecified atom stereocenters. The van der Waals surface area contributed by atoms with Crippen LogP contribution >= 0.6 is 11.8 Å². The topological polar surface area (TPSA) is 62.3 Å². The zero-order chi connectivity index (χ0) is 19.6. The second kappa shape index (κ2) is 7.59. The van der Waals surface area contributed by atoms with E-state index in [-0.39, 0.29) is 18.4 Å². The molecule has 0 aliphatic carbocycles. The highest BCUT2D eigenvalue weighted by Gasteiger charge is 2.33. The van der Waals surface area contributed by atoms with E-state index in [0.29, 0.717) is 22.8 Å². The Morgan fingerprint density at radius 3 is 2.63 bits per heavy atom. The van der Waals surface area contributed by atoms with Crippen LogP contribution in [0, 0.1) is 0 Å². The lowest BCUT2D eigenvalue weighted by molar-refractivity contribution is -0.137. The third-order valence-corrected chi connectivity index (χ3v) is 5.35. The van der Waals surface area contributed by atoms with Crippen LogP contribution in [0.5, 0.6) is 0 Å². The van der Waals surface area contributed by atoms with Crippen molar-refractivity contribution in [2.45, 2.75) is 29.7 Å².